The average Bonchev–Trinajstić information content (AvgIpc) is 3.07. The molecule has 1 aliphatic carbocycles. The summed E-state index contributed by atoms with van der Waals surface area (Å²) in [5, 5.41) is 3.41. The molecule has 0 aliphatic heterocycles. The number of nitrogens with zero attached hydrogens (tertiary/aromatic N) is 2. The summed E-state index contributed by atoms with van der Waals surface area (Å²) in [4.78, 5) is 30.3. The van der Waals surface area contributed by atoms with E-state index in [1.54, 1.807) is 42.5 Å². The standard InChI is InChI=1S/C36H37BrClN3O4S/c37-29-22-20-28(21-23-29)25-40(34(24-27-12-4-1-5-13-27)36(43)39-30-14-6-2-7-15-30)35(42)26-41(33-19-11-10-18-32(33)38)46(44,45)31-16-8-3-9-17-31/h1,3-5,8-13,16-23,30,34H,2,6-7,14-15,24-26H2,(H,39,43)/t34-/m1/s1. The molecule has 0 spiro atoms. The van der Waals surface area contributed by atoms with Gasteiger partial charge in [0.1, 0.15) is 12.6 Å². The monoisotopic (exact) mass is 721 g/mol. The first-order valence-corrected chi connectivity index (χ1v) is 18.0. The number of carbonyl (C=O) groups is 2. The fraction of sp³-hybridized carbons (Fsp3) is 0.278. The van der Waals surface area contributed by atoms with Gasteiger partial charge >= 0.3 is 0 Å². The number of benzene rings is 4. The van der Waals surface area contributed by atoms with Gasteiger partial charge in [-0.2, -0.15) is 0 Å². The molecule has 1 saturated carbocycles. The summed E-state index contributed by atoms with van der Waals surface area (Å²) in [6, 6.07) is 30.7. The van der Waals surface area contributed by atoms with Crippen LogP contribution >= 0.6 is 27.5 Å². The van der Waals surface area contributed by atoms with Crippen LogP contribution in [-0.4, -0.2) is 43.8 Å². The van der Waals surface area contributed by atoms with Gasteiger partial charge in [0, 0.05) is 23.5 Å². The number of anilines is 1. The lowest BCUT2D eigenvalue weighted by Gasteiger charge is -2.35. The molecule has 5 rings (SSSR count). The molecule has 240 valence electrons. The first-order valence-electron chi connectivity index (χ1n) is 15.4. The topological polar surface area (TPSA) is 86.8 Å². The molecule has 46 heavy (non-hydrogen) atoms. The van der Waals surface area contributed by atoms with Crippen molar-refractivity contribution in [3.63, 3.8) is 0 Å². The van der Waals surface area contributed by atoms with Crippen molar-refractivity contribution in [3.8, 4) is 0 Å². The molecule has 0 unspecified atom stereocenters. The van der Waals surface area contributed by atoms with Gasteiger partial charge in [-0.15, -0.1) is 0 Å². The smallest absolute Gasteiger partial charge is 0.264 e. The average molecular weight is 723 g/mol. The van der Waals surface area contributed by atoms with E-state index < -0.39 is 28.5 Å². The summed E-state index contributed by atoms with van der Waals surface area (Å²) < 4.78 is 30.1. The number of hydrogen-bond acceptors (Lipinski definition) is 4. The molecule has 10 heteroatoms. The van der Waals surface area contributed by atoms with Crippen LogP contribution in [0, 0.1) is 0 Å². The van der Waals surface area contributed by atoms with Gasteiger partial charge in [0.25, 0.3) is 10.0 Å². The van der Waals surface area contributed by atoms with Gasteiger partial charge < -0.3 is 10.2 Å². The molecule has 0 aromatic heterocycles. The maximum Gasteiger partial charge on any atom is 0.264 e. The lowest BCUT2D eigenvalue weighted by Crippen LogP contribution is -2.55. The first kappa shape index (κ1) is 33.7. The third-order valence-corrected chi connectivity index (χ3v) is 10.8. The molecular formula is C36H37BrClN3O4S. The molecule has 1 fully saturated rings. The van der Waals surface area contributed by atoms with Gasteiger partial charge in [-0.25, -0.2) is 8.42 Å². The Kier molecular flexibility index (Phi) is 11.5. The predicted molar refractivity (Wildman–Crippen MR) is 186 cm³/mol. The zero-order valence-corrected chi connectivity index (χ0v) is 28.6. The van der Waals surface area contributed by atoms with Crippen LogP contribution in [-0.2, 0) is 32.6 Å². The highest BCUT2D eigenvalue weighted by atomic mass is 79.9. The zero-order chi connectivity index (χ0) is 32.5. The molecule has 4 aromatic rings. The lowest BCUT2D eigenvalue weighted by molar-refractivity contribution is -0.140. The van der Waals surface area contributed by atoms with Crippen molar-refractivity contribution in [1.29, 1.82) is 0 Å². The minimum Gasteiger partial charge on any atom is -0.352 e. The number of nitrogens with one attached hydrogen (secondary N) is 1. The molecule has 0 bridgehead atoms. The molecule has 0 heterocycles. The van der Waals surface area contributed by atoms with E-state index in [0.29, 0.717) is 0 Å². The molecule has 1 N–H and O–H groups in total. The summed E-state index contributed by atoms with van der Waals surface area (Å²) in [5.41, 5.74) is 1.87. The number of hydrogen-bond donors (Lipinski definition) is 1. The van der Waals surface area contributed by atoms with Gasteiger partial charge in [0.05, 0.1) is 15.6 Å². The molecule has 7 nitrogen and oxygen atoms in total. The number of rotatable bonds is 12. The van der Waals surface area contributed by atoms with Gasteiger partial charge in [0.2, 0.25) is 11.8 Å². The van der Waals surface area contributed by atoms with Crippen LogP contribution < -0.4 is 9.62 Å². The molecule has 0 saturated heterocycles. The van der Waals surface area contributed by atoms with Crippen molar-refractivity contribution < 1.29 is 18.0 Å². The van der Waals surface area contributed by atoms with E-state index in [2.05, 4.69) is 21.2 Å². The second-order valence-corrected chi connectivity index (χ2v) is 14.7. The van der Waals surface area contributed by atoms with Crippen LogP contribution in [0.4, 0.5) is 5.69 Å². The van der Waals surface area contributed by atoms with E-state index in [9.17, 15) is 18.0 Å². The van der Waals surface area contributed by atoms with Crippen molar-refractivity contribution in [3.05, 3.63) is 130 Å². The lowest BCUT2D eigenvalue weighted by atomic mass is 9.94. The molecular weight excluding hydrogens is 686 g/mol. The zero-order valence-electron chi connectivity index (χ0n) is 25.4. The quantitative estimate of drug-likeness (QED) is 0.165. The van der Waals surface area contributed by atoms with Crippen LogP contribution in [0.2, 0.25) is 5.02 Å². The van der Waals surface area contributed by atoms with E-state index in [-0.39, 0.29) is 40.5 Å². The van der Waals surface area contributed by atoms with Crippen molar-refractivity contribution in [2.75, 3.05) is 10.8 Å². The van der Waals surface area contributed by atoms with Gasteiger partial charge in [-0.3, -0.25) is 13.9 Å². The highest BCUT2D eigenvalue weighted by Crippen LogP contribution is 2.31. The Labute approximate surface area is 284 Å². The van der Waals surface area contributed by atoms with Gasteiger partial charge in [-0.1, -0.05) is 120 Å². The number of sulfonamides is 1. The van der Waals surface area contributed by atoms with E-state index in [0.717, 1.165) is 52.0 Å². The van der Waals surface area contributed by atoms with E-state index >= 15 is 0 Å². The summed E-state index contributed by atoms with van der Waals surface area (Å²) in [6.45, 7) is -0.455. The third-order valence-electron chi connectivity index (χ3n) is 8.22. The predicted octanol–water partition coefficient (Wildman–Crippen LogP) is 7.39. The summed E-state index contributed by atoms with van der Waals surface area (Å²) >= 11 is 10.0. The molecule has 2 amide bonds. The maximum absolute atomic E-state index is 14.6. The first-order chi connectivity index (χ1) is 22.2. The Bertz CT molecular complexity index is 1720. The Morgan fingerprint density at radius 1 is 0.804 bits per heavy atom. The summed E-state index contributed by atoms with van der Waals surface area (Å²) in [5.74, 6) is -0.779. The Hall–Kier alpha value is -3.66. The van der Waals surface area contributed by atoms with Crippen LogP contribution in [0.3, 0.4) is 0 Å². The van der Waals surface area contributed by atoms with Crippen LogP contribution in [0.1, 0.15) is 43.2 Å². The fourth-order valence-electron chi connectivity index (χ4n) is 5.77. The van der Waals surface area contributed by atoms with Crippen molar-refractivity contribution >= 4 is 55.1 Å². The minimum absolute atomic E-state index is 0.0260. The van der Waals surface area contributed by atoms with Crippen LogP contribution in [0.25, 0.3) is 0 Å². The number of carbonyl (C=O) groups excluding carboxylic acids is 2. The highest BCUT2D eigenvalue weighted by Gasteiger charge is 2.36. The second kappa shape index (κ2) is 15.8. The summed E-state index contributed by atoms with van der Waals surface area (Å²) in [7, 11) is -4.22. The molecule has 1 atom stereocenters. The minimum atomic E-state index is -4.22. The third kappa shape index (κ3) is 8.57. The Morgan fingerprint density at radius 2 is 1.41 bits per heavy atom. The second-order valence-electron chi connectivity index (χ2n) is 11.5. The Morgan fingerprint density at radius 3 is 2.07 bits per heavy atom. The Balaban J connectivity index is 1.56. The largest absolute Gasteiger partial charge is 0.352 e. The van der Waals surface area contributed by atoms with E-state index in [4.69, 9.17) is 11.6 Å². The molecule has 0 radical (unpaired) electrons. The SMILES string of the molecule is O=C(NC1CCCCC1)[C@@H](Cc1ccccc1)N(Cc1ccc(Br)cc1)C(=O)CN(c1ccccc1Cl)S(=O)(=O)c1ccccc1. The fourth-order valence-corrected chi connectivity index (χ4v) is 7.78. The van der Waals surface area contributed by atoms with E-state index in [1.165, 1.54) is 17.0 Å². The van der Waals surface area contributed by atoms with E-state index in [1.807, 2.05) is 54.6 Å². The number of para-hydroxylation sites is 1. The molecule has 1 aliphatic rings. The van der Waals surface area contributed by atoms with Gasteiger partial charge in [0.15, 0.2) is 0 Å². The van der Waals surface area contributed by atoms with Crippen molar-refractivity contribution in [2.24, 2.45) is 0 Å². The normalized spacial score (nSPS) is 14.3. The van der Waals surface area contributed by atoms with Crippen molar-refractivity contribution in [1.82, 2.24) is 10.2 Å². The van der Waals surface area contributed by atoms with Gasteiger partial charge in [-0.05, 0) is 60.4 Å². The number of halogens is 2. The van der Waals surface area contributed by atoms with Crippen LogP contribution in [0.5, 0.6) is 0 Å². The van der Waals surface area contributed by atoms with Crippen LogP contribution in [0.15, 0.2) is 119 Å². The molecule has 4 aromatic carbocycles. The van der Waals surface area contributed by atoms with Crippen molar-refractivity contribution in [2.45, 2.75) is 62.0 Å². The maximum atomic E-state index is 14.6. The summed E-state index contributed by atoms with van der Waals surface area (Å²) in [6.07, 6.45) is 5.26. The highest BCUT2D eigenvalue weighted by molar-refractivity contribution is 9.10. The number of amides is 2.